The highest BCUT2D eigenvalue weighted by Crippen LogP contribution is 2.26. The van der Waals surface area contributed by atoms with Gasteiger partial charge in [0.2, 0.25) is 5.91 Å². The molecule has 2 N–H and O–H groups in total. The summed E-state index contributed by atoms with van der Waals surface area (Å²) >= 11 is 0. The third kappa shape index (κ3) is 4.82. The Morgan fingerprint density at radius 3 is 2.64 bits per heavy atom. The van der Waals surface area contributed by atoms with Crippen LogP contribution >= 0.6 is 12.4 Å². The van der Waals surface area contributed by atoms with Gasteiger partial charge in [0.25, 0.3) is 0 Å². The molecule has 2 bridgehead atoms. The Balaban J connectivity index is 0.00000176. The van der Waals surface area contributed by atoms with Crippen LogP contribution in [0, 0.1) is 0 Å². The van der Waals surface area contributed by atoms with Crippen LogP contribution in [-0.2, 0) is 14.3 Å². The molecule has 0 spiro atoms. The Morgan fingerprint density at radius 1 is 1.27 bits per heavy atom. The molecule has 4 atom stereocenters. The molecule has 3 aliphatic rings. The van der Waals surface area contributed by atoms with Crippen molar-refractivity contribution in [3.8, 4) is 0 Å². The predicted octanol–water partition coefficient (Wildman–Crippen LogP) is 1.78. The van der Waals surface area contributed by atoms with Gasteiger partial charge in [0.15, 0.2) is 0 Å². The maximum Gasteiger partial charge on any atom is 0.249 e. The van der Waals surface area contributed by atoms with E-state index in [1.807, 2.05) is 6.92 Å². The van der Waals surface area contributed by atoms with Crippen LogP contribution in [0.1, 0.15) is 51.9 Å². The van der Waals surface area contributed by atoms with E-state index in [-0.39, 0.29) is 30.5 Å². The molecule has 3 rings (SSSR count). The Hall–Kier alpha value is -0.360. The number of carbonyl (C=O) groups excluding carboxylic acids is 1. The molecule has 0 aromatic carbocycles. The summed E-state index contributed by atoms with van der Waals surface area (Å²) in [5, 5.41) is 6.75. The topological polar surface area (TPSA) is 59.6 Å². The highest BCUT2D eigenvalue weighted by Gasteiger charge is 2.34. The molecule has 3 fully saturated rings. The van der Waals surface area contributed by atoms with Gasteiger partial charge in [-0.3, -0.25) is 4.79 Å². The molecule has 4 unspecified atom stereocenters. The summed E-state index contributed by atoms with van der Waals surface area (Å²) in [4.78, 5) is 12.2. The van der Waals surface area contributed by atoms with Crippen molar-refractivity contribution in [2.24, 2.45) is 0 Å². The minimum Gasteiger partial charge on any atom is -0.376 e. The minimum atomic E-state index is -0.386. The Kier molecular flexibility index (Phi) is 6.93. The normalized spacial score (nSPS) is 35.5. The average Bonchev–Trinajstić information content (AvgIpc) is 2.84. The van der Waals surface area contributed by atoms with Crippen LogP contribution < -0.4 is 10.6 Å². The molecule has 3 saturated heterocycles. The van der Waals surface area contributed by atoms with Crippen molar-refractivity contribution in [3.05, 3.63) is 0 Å². The molecule has 6 heteroatoms. The number of amides is 1. The van der Waals surface area contributed by atoms with Gasteiger partial charge in [-0.1, -0.05) is 0 Å². The lowest BCUT2D eigenvalue weighted by molar-refractivity contribution is -0.136. The highest BCUT2D eigenvalue weighted by atomic mass is 35.5. The van der Waals surface area contributed by atoms with E-state index in [0.717, 1.165) is 32.3 Å². The summed E-state index contributed by atoms with van der Waals surface area (Å²) in [6.07, 6.45) is 7.79. The molecule has 0 aliphatic carbocycles. The second-order valence-corrected chi connectivity index (χ2v) is 6.78. The first-order chi connectivity index (χ1) is 10.2. The zero-order valence-electron chi connectivity index (χ0n) is 13.4. The van der Waals surface area contributed by atoms with Gasteiger partial charge in [0, 0.05) is 24.7 Å². The number of rotatable bonds is 5. The van der Waals surface area contributed by atoms with E-state index in [2.05, 4.69) is 10.6 Å². The number of ether oxygens (including phenoxy) is 2. The number of hydrogen-bond donors (Lipinski definition) is 2. The SMILES string of the molecule is CC(OCC1CCCCO1)C(=O)NC1CC2CCC(C1)N2.Cl. The van der Waals surface area contributed by atoms with Crippen molar-refractivity contribution < 1.29 is 14.3 Å². The zero-order valence-corrected chi connectivity index (χ0v) is 14.2. The Labute approximate surface area is 139 Å². The van der Waals surface area contributed by atoms with Crippen molar-refractivity contribution in [3.63, 3.8) is 0 Å². The quantitative estimate of drug-likeness (QED) is 0.805. The van der Waals surface area contributed by atoms with E-state index in [9.17, 15) is 4.79 Å². The number of piperidine rings is 1. The van der Waals surface area contributed by atoms with E-state index >= 15 is 0 Å². The lowest BCUT2D eigenvalue weighted by Crippen LogP contribution is -2.50. The molecular formula is C16H29ClN2O3. The molecule has 3 aliphatic heterocycles. The first-order valence-corrected chi connectivity index (χ1v) is 8.50. The summed E-state index contributed by atoms with van der Waals surface area (Å²) < 4.78 is 11.3. The van der Waals surface area contributed by atoms with Crippen LogP contribution in [0.15, 0.2) is 0 Å². The lowest BCUT2D eigenvalue weighted by atomic mass is 9.99. The fourth-order valence-corrected chi connectivity index (χ4v) is 3.76. The van der Waals surface area contributed by atoms with Crippen LogP contribution in [0.3, 0.4) is 0 Å². The van der Waals surface area contributed by atoms with E-state index in [1.54, 1.807) is 0 Å². The first-order valence-electron chi connectivity index (χ1n) is 8.50. The van der Waals surface area contributed by atoms with Gasteiger partial charge < -0.3 is 20.1 Å². The van der Waals surface area contributed by atoms with Gasteiger partial charge in [-0.25, -0.2) is 0 Å². The first kappa shape index (κ1) is 18.0. The molecule has 3 heterocycles. The zero-order chi connectivity index (χ0) is 14.7. The standard InChI is InChI=1S/C16H28N2O3.ClH/c1-11(21-10-15-4-2-3-7-20-15)16(19)18-14-8-12-5-6-13(9-14)17-12;/h11-15,17H,2-10H2,1H3,(H,18,19);1H. The van der Waals surface area contributed by atoms with E-state index in [1.165, 1.54) is 19.3 Å². The third-order valence-electron chi connectivity index (χ3n) is 4.99. The van der Waals surface area contributed by atoms with Crippen LogP contribution in [-0.4, -0.2) is 49.5 Å². The number of carbonyl (C=O) groups is 1. The van der Waals surface area contributed by atoms with Gasteiger partial charge in [0.1, 0.15) is 6.10 Å². The van der Waals surface area contributed by atoms with Crippen molar-refractivity contribution in [1.82, 2.24) is 10.6 Å². The van der Waals surface area contributed by atoms with Crippen molar-refractivity contribution in [1.29, 1.82) is 0 Å². The fraction of sp³-hybridized carbons (Fsp3) is 0.938. The van der Waals surface area contributed by atoms with Crippen LogP contribution in [0.4, 0.5) is 0 Å². The largest absolute Gasteiger partial charge is 0.376 e. The summed E-state index contributed by atoms with van der Waals surface area (Å²) in [6, 6.07) is 1.51. The maximum atomic E-state index is 12.2. The van der Waals surface area contributed by atoms with Gasteiger partial charge in [-0.05, 0) is 51.9 Å². The van der Waals surface area contributed by atoms with Crippen molar-refractivity contribution >= 4 is 18.3 Å². The number of fused-ring (bicyclic) bond motifs is 2. The van der Waals surface area contributed by atoms with Gasteiger partial charge in [-0.15, -0.1) is 12.4 Å². The fourth-order valence-electron chi connectivity index (χ4n) is 3.76. The van der Waals surface area contributed by atoms with E-state index in [0.29, 0.717) is 24.7 Å². The second kappa shape index (κ2) is 8.48. The van der Waals surface area contributed by atoms with Crippen LogP contribution in [0.5, 0.6) is 0 Å². The molecule has 5 nitrogen and oxygen atoms in total. The summed E-state index contributed by atoms with van der Waals surface area (Å²) in [7, 11) is 0. The molecule has 0 aromatic heterocycles. The maximum absolute atomic E-state index is 12.2. The van der Waals surface area contributed by atoms with Gasteiger partial charge in [0.05, 0.1) is 12.7 Å². The molecule has 1 amide bonds. The molecule has 128 valence electrons. The Morgan fingerprint density at radius 2 is 2.00 bits per heavy atom. The number of halogens is 1. The predicted molar refractivity (Wildman–Crippen MR) is 87.4 cm³/mol. The monoisotopic (exact) mass is 332 g/mol. The van der Waals surface area contributed by atoms with Crippen LogP contribution in [0.2, 0.25) is 0 Å². The molecule has 0 radical (unpaired) electrons. The molecule has 0 saturated carbocycles. The lowest BCUT2D eigenvalue weighted by Gasteiger charge is -2.30. The van der Waals surface area contributed by atoms with E-state index < -0.39 is 0 Å². The van der Waals surface area contributed by atoms with Crippen LogP contribution in [0.25, 0.3) is 0 Å². The van der Waals surface area contributed by atoms with Crippen molar-refractivity contribution in [2.75, 3.05) is 13.2 Å². The van der Waals surface area contributed by atoms with Crippen molar-refractivity contribution in [2.45, 2.75) is 82.2 Å². The average molecular weight is 333 g/mol. The van der Waals surface area contributed by atoms with E-state index in [4.69, 9.17) is 9.47 Å². The van der Waals surface area contributed by atoms with Gasteiger partial charge >= 0.3 is 0 Å². The summed E-state index contributed by atoms with van der Waals surface area (Å²) in [6.45, 7) is 3.20. The minimum absolute atomic E-state index is 0. The smallest absolute Gasteiger partial charge is 0.249 e. The molecule has 22 heavy (non-hydrogen) atoms. The highest BCUT2D eigenvalue weighted by molar-refractivity contribution is 5.85. The van der Waals surface area contributed by atoms with Gasteiger partial charge in [-0.2, -0.15) is 0 Å². The number of hydrogen-bond acceptors (Lipinski definition) is 4. The second-order valence-electron chi connectivity index (χ2n) is 6.78. The summed E-state index contributed by atoms with van der Waals surface area (Å²) in [5.74, 6) is 0.0251. The Bertz CT molecular complexity index is 351. The molecule has 0 aromatic rings. The molecular weight excluding hydrogens is 304 g/mol. The third-order valence-corrected chi connectivity index (χ3v) is 4.99. The number of nitrogens with one attached hydrogen (secondary N) is 2. The summed E-state index contributed by atoms with van der Waals surface area (Å²) in [5.41, 5.74) is 0.